The fourth-order valence-electron chi connectivity index (χ4n) is 1.92. The molecule has 0 N–H and O–H groups in total. The largest absolute Gasteiger partial charge is 0.468 e. The Kier molecular flexibility index (Phi) is 3.19. The number of hydrogen-bond acceptors (Lipinski definition) is 3. The van der Waals surface area contributed by atoms with Gasteiger partial charge in [-0.25, -0.2) is 0 Å². The lowest BCUT2D eigenvalue weighted by atomic mass is 10.1. The van der Waals surface area contributed by atoms with E-state index in [1.165, 1.54) is 17.7 Å². The average molecular weight is 245 g/mol. The average Bonchev–Trinajstić information content (AvgIpc) is 2.35. The van der Waals surface area contributed by atoms with Gasteiger partial charge in [-0.3, -0.25) is 14.2 Å². The molecule has 0 amide bonds. The molecule has 18 heavy (non-hydrogen) atoms. The Morgan fingerprint density at radius 2 is 1.89 bits per heavy atom. The molecule has 0 spiro atoms. The Balaban J connectivity index is 2.70. The first-order chi connectivity index (χ1) is 8.52. The molecule has 4 nitrogen and oxygen atoms in total. The highest BCUT2D eigenvalue weighted by Gasteiger charge is 2.09. The van der Waals surface area contributed by atoms with Gasteiger partial charge in [0.15, 0.2) is 0 Å². The number of carbonyl (C=O) groups is 1. The topological polar surface area (TPSA) is 48.3 Å². The van der Waals surface area contributed by atoms with Gasteiger partial charge in [0, 0.05) is 6.07 Å². The van der Waals surface area contributed by atoms with E-state index in [0.29, 0.717) is 0 Å². The summed E-state index contributed by atoms with van der Waals surface area (Å²) in [6.07, 6.45) is 0. The number of aromatic nitrogens is 1. The molecule has 0 bridgehead atoms. The van der Waals surface area contributed by atoms with Crippen LogP contribution in [0.4, 0.5) is 0 Å². The maximum atomic E-state index is 11.8. The van der Waals surface area contributed by atoms with Gasteiger partial charge in [0.1, 0.15) is 6.54 Å². The van der Waals surface area contributed by atoms with E-state index >= 15 is 0 Å². The lowest BCUT2D eigenvalue weighted by molar-refractivity contribution is -0.141. The summed E-state index contributed by atoms with van der Waals surface area (Å²) in [6.45, 7) is 3.94. The summed E-state index contributed by atoms with van der Waals surface area (Å²) in [4.78, 5) is 23.2. The first-order valence-corrected chi connectivity index (χ1v) is 5.70. The molecule has 1 aromatic carbocycles. The molecule has 1 heterocycles. The van der Waals surface area contributed by atoms with Crippen molar-refractivity contribution in [2.75, 3.05) is 7.11 Å². The van der Waals surface area contributed by atoms with Gasteiger partial charge < -0.3 is 4.74 Å². The monoisotopic (exact) mass is 245 g/mol. The van der Waals surface area contributed by atoms with Crippen LogP contribution in [-0.2, 0) is 16.1 Å². The Bertz CT molecular complexity index is 671. The number of esters is 1. The third-order valence-electron chi connectivity index (χ3n) is 3.12. The fourth-order valence-corrected chi connectivity index (χ4v) is 1.92. The molecule has 0 radical (unpaired) electrons. The standard InChI is InChI=1S/C14H15NO3/c1-9-6-11-4-5-13(16)15(8-14(17)18-3)12(11)7-10(9)2/h4-7H,8H2,1-3H3. The summed E-state index contributed by atoms with van der Waals surface area (Å²) < 4.78 is 6.05. The molecule has 2 rings (SSSR count). The van der Waals surface area contributed by atoms with Crippen molar-refractivity contribution >= 4 is 16.9 Å². The van der Waals surface area contributed by atoms with Crippen molar-refractivity contribution in [3.05, 3.63) is 45.7 Å². The molecular formula is C14H15NO3. The SMILES string of the molecule is COC(=O)Cn1c(=O)ccc2cc(C)c(C)cc21. The highest BCUT2D eigenvalue weighted by atomic mass is 16.5. The maximum Gasteiger partial charge on any atom is 0.325 e. The van der Waals surface area contributed by atoms with Gasteiger partial charge in [-0.2, -0.15) is 0 Å². The summed E-state index contributed by atoms with van der Waals surface area (Å²) in [5.41, 5.74) is 2.81. The zero-order valence-corrected chi connectivity index (χ0v) is 10.7. The van der Waals surface area contributed by atoms with Crippen LogP contribution in [0.5, 0.6) is 0 Å². The molecule has 0 unspecified atom stereocenters. The molecule has 0 fully saturated rings. The molecule has 0 aliphatic heterocycles. The van der Waals surface area contributed by atoms with E-state index in [1.54, 1.807) is 6.07 Å². The summed E-state index contributed by atoms with van der Waals surface area (Å²) in [7, 11) is 1.31. The van der Waals surface area contributed by atoms with Crippen molar-refractivity contribution in [1.29, 1.82) is 0 Å². The predicted octanol–water partition coefficient (Wildman–Crippen LogP) is 1.79. The molecule has 0 atom stereocenters. The molecule has 0 saturated carbocycles. The number of methoxy groups -OCH3 is 1. The molecule has 0 aliphatic rings. The number of nitrogens with zero attached hydrogens (tertiary/aromatic N) is 1. The van der Waals surface area contributed by atoms with Crippen LogP contribution >= 0.6 is 0 Å². The molecule has 1 aromatic heterocycles. The normalized spacial score (nSPS) is 10.6. The van der Waals surface area contributed by atoms with Crippen LogP contribution in [0.3, 0.4) is 0 Å². The van der Waals surface area contributed by atoms with E-state index in [0.717, 1.165) is 22.0 Å². The second-order valence-electron chi connectivity index (χ2n) is 4.33. The van der Waals surface area contributed by atoms with Gasteiger partial charge >= 0.3 is 5.97 Å². The number of carbonyl (C=O) groups excluding carboxylic acids is 1. The second kappa shape index (κ2) is 4.64. The van der Waals surface area contributed by atoms with E-state index in [9.17, 15) is 9.59 Å². The third kappa shape index (κ3) is 2.14. The zero-order chi connectivity index (χ0) is 13.3. The molecule has 0 saturated heterocycles. The lowest BCUT2D eigenvalue weighted by Gasteiger charge is -2.11. The van der Waals surface area contributed by atoms with Crippen LogP contribution in [0.25, 0.3) is 10.9 Å². The second-order valence-corrected chi connectivity index (χ2v) is 4.33. The lowest BCUT2D eigenvalue weighted by Crippen LogP contribution is -2.24. The van der Waals surface area contributed by atoms with E-state index in [2.05, 4.69) is 4.74 Å². The van der Waals surface area contributed by atoms with Gasteiger partial charge in [-0.1, -0.05) is 0 Å². The first kappa shape index (κ1) is 12.4. The minimum Gasteiger partial charge on any atom is -0.468 e. The zero-order valence-electron chi connectivity index (χ0n) is 10.7. The molecule has 2 aromatic rings. The van der Waals surface area contributed by atoms with E-state index < -0.39 is 5.97 Å². The van der Waals surface area contributed by atoms with Crippen molar-refractivity contribution in [3.63, 3.8) is 0 Å². The van der Waals surface area contributed by atoms with Gasteiger partial charge in [0.2, 0.25) is 0 Å². The van der Waals surface area contributed by atoms with Gasteiger partial charge in [0.05, 0.1) is 12.6 Å². The number of ether oxygens (including phenoxy) is 1. The number of aryl methyl sites for hydroxylation is 2. The van der Waals surface area contributed by atoms with Gasteiger partial charge in [-0.05, 0) is 48.6 Å². The van der Waals surface area contributed by atoms with Crippen molar-refractivity contribution < 1.29 is 9.53 Å². The summed E-state index contributed by atoms with van der Waals surface area (Å²) in [5, 5.41) is 0.946. The molecule has 4 heteroatoms. The van der Waals surface area contributed by atoms with Crippen LogP contribution in [0.2, 0.25) is 0 Å². The smallest absolute Gasteiger partial charge is 0.325 e. The van der Waals surface area contributed by atoms with Crippen molar-refractivity contribution in [2.24, 2.45) is 0 Å². The summed E-state index contributed by atoms with van der Waals surface area (Å²) in [6, 6.07) is 7.19. The quantitative estimate of drug-likeness (QED) is 0.758. The predicted molar refractivity (Wildman–Crippen MR) is 69.7 cm³/mol. The van der Waals surface area contributed by atoms with Crippen LogP contribution in [-0.4, -0.2) is 17.6 Å². The van der Waals surface area contributed by atoms with Crippen LogP contribution in [0, 0.1) is 13.8 Å². The van der Waals surface area contributed by atoms with Crippen molar-refractivity contribution in [3.8, 4) is 0 Å². The molecular weight excluding hydrogens is 230 g/mol. The number of rotatable bonds is 2. The first-order valence-electron chi connectivity index (χ1n) is 5.70. The summed E-state index contributed by atoms with van der Waals surface area (Å²) in [5.74, 6) is -0.428. The van der Waals surface area contributed by atoms with Crippen molar-refractivity contribution in [1.82, 2.24) is 4.57 Å². The number of fused-ring (bicyclic) bond motifs is 1. The number of benzene rings is 1. The van der Waals surface area contributed by atoms with Crippen LogP contribution in [0.15, 0.2) is 29.1 Å². The van der Waals surface area contributed by atoms with E-state index in [4.69, 9.17) is 0 Å². The van der Waals surface area contributed by atoms with Crippen molar-refractivity contribution in [2.45, 2.75) is 20.4 Å². The highest BCUT2D eigenvalue weighted by Crippen LogP contribution is 2.17. The molecule has 94 valence electrons. The summed E-state index contributed by atoms with van der Waals surface area (Å²) >= 11 is 0. The number of hydrogen-bond donors (Lipinski definition) is 0. The minimum absolute atomic E-state index is 0.0603. The van der Waals surface area contributed by atoms with Crippen LogP contribution < -0.4 is 5.56 Å². The van der Waals surface area contributed by atoms with E-state index in [1.807, 2.05) is 26.0 Å². The molecule has 0 aliphatic carbocycles. The van der Waals surface area contributed by atoms with Gasteiger partial charge in [0.25, 0.3) is 5.56 Å². The Morgan fingerprint density at radius 3 is 2.56 bits per heavy atom. The minimum atomic E-state index is -0.428. The highest BCUT2D eigenvalue weighted by molar-refractivity contribution is 5.82. The van der Waals surface area contributed by atoms with Crippen LogP contribution in [0.1, 0.15) is 11.1 Å². The maximum absolute atomic E-state index is 11.8. The fraction of sp³-hybridized carbons (Fsp3) is 0.286. The third-order valence-corrected chi connectivity index (χ3v) is 3.12. The Hall–Kier alpha value is -2.10. The van der Waals surface area contributed by atoms with Gasteiger partial charge in [-0.15, -0.1) is 0 Å². The Labute approximate surface area is 105 Å². The number of pyridine rings is 1. The Morgan fingerprint density at radius 1 is 1.22 bits per heavy atom. The van der Waals surface area contributed by atoms with E-state index in [-0.39, 0.29) is 12.1 Å².